The van der Waals surface area contributed by atoms with Crippen LogP contribution in [0.25, 0.3) is 26.3 Å². The van der Waals surface area contributed by atoms with Crippen LogP contribution in [0.4, 0.5) is 0 Å². The van der Waals surface area contributed by atoms with Gasteiger partial charge in [-0.1, -0.05) is 48.5 Å². The predicted octanol–water partition coefficient (Wildman–Crippen LogP) is 4.40. The molecule has 0 N–H and O–H groups in total. The molecule has 2 aromatic heterocycles. The van der Waals surface area contributed by atoms with Crippen LogP contribution in [0.1, 0.15) is 0 Å². The average molecular weight is 336 g/mol. The standard InChI is InChI=1S/C18H12N2OS2/c21-17-14-11-15(12-7-3-1-4-8-12)23-16(14)19-18(22)20(17)13-9-5-2-6-10-13/h1-11H,(H,19,22). The Kier molecular flexibility index (Phi) is 3.52. The molecule has 0 fully saturated rings. The lowest BCUT2D eigenvalue weighted by Crippen LogP contribution is -2.20. The topological polar surface area (TPSA) is 34.9 Å². The van der Waals surface area contributed by atoms with E-state index in [1.165, 1.54) is 15.9 Å². The van der Waals surface area contributed by atoms with Crippen LogP contribution in [0.3, 0.4) is 0 Å². The Morgan fingerprint density at radius 3 is 2.30 bits per heavy atom. The summed E-state index contributed by atoms with van der Waals surface area (Å²) in [4.78, 5) is 19.1. The fourth-order valence-corrected chi connectivity index (χ4v) is 3.93. The second-order valence-corrected chi connectivity index (χ2v) is 6.51. The van der Waals surface area contributed by atoms with Crippen molar-refractivity contribution in [2.45, 2.75) is 5.16 Å². The van der Waals surface area contributed by atoms with Gasteiger partial charge in [0, 0.05) is 4.88 Å². The molecule has 0 amide bonds. The largest absolute Gasteiger partial charge is 0.268 e. The van der Waals surface area contributed by atoms with E-state index in [4.69, 9.17) is 0 Å². The number of fused-ring (bicyclic) bond motifs is 1. The maximum Gasteiger partial charge on any atom is 0.267 e. The van der Waals surface area contributed by atoms with E-state index in [2.05, 4.69) is 17.6 Å². The Balaban J connectivity index is 1.97. The fourth-order valence-electron chi connectivity index (χ4n) is 2.52. The Hall–Kier alpha value is -2.37. The van der Waals surface area contributed by atoms with E-state index in [0.717, 1.165) is 16.1 Å². The van der Waals surface area contributed by atoms with Crippen molar-refractivity contribution in [3.8, 4) is 16.1 Å². The molecule has 23 heavy (non-hydrogen) atoms. The summed E-state index contributed by atoms with van der Waals surface area (Å²) in [6.07, 6.45) is 0. The van der Waals surface area contributed by atoms with Crippen LogP contribution in [-0.4, -0.2) is 9.55 Å². The molecule has 4 aromatic rings. The van der Waals surface area contributed by atoms with Crippen molar-refractivity contribution in [1.82, 2.24) is 9.55 Å². The second-order valence-electron chi connectivity index (χ2n) is 5.08. The molecule has 3 nitrogen and oxygen atoms in total. The lowest BCUT2D eigenvalue weighted by atomic mass is 10.2. The van der Waals surface area contributed by atoms with E-state index in [0.29, 0.717) is 15.4 Å². The Morgan fingerprint density at radius 2 is 1.61 bits per heavy atom. The molecule has 0 bridgehead atoms. The molecule has 4 rings (SSSR count). The highest BCUT2D eigenvalue weighted by Gasteiger charge is 2.14. The van der Waals surface area contributed by atoms with Crippen LogP contribution in [-0.2, 0) is 0 Å². The molecule has 0 atom stereocenters. The van der Waals surface area contributed by atoms with Gasteiger partial charge in [-0.05, 0) is 23.8 Å². The molecule has 0 spiro atoms. The molecule has 0 unspecified atom stereocenters. The lowest BCUT2D eigenvalue weighted by molar-refractivity contribution is 0.827. The zero-order valence-electron chi connectivity index (χ0n) is 12.0. The summed E-state index contributed by atoms with van der Waals surface area (Å²) in [7, 11) is 0. The molecule has 0 aliphatic heterocycles. The molecule has 0 saturated carbocycles. The second kappa shape index (κ2) is 5.68. The maximum absolute atomic E-state index is 12.9. The quantitative estimate of drug-likeness (QED) is 0.435. The van der Waals surface area contributed by atoms with Gasteiger partial charge in [-0.2, -0.15) is 0 Å². The van der Waals surface area contributed by atoms with E-state index in [1.807, 2.05) is 66.7 Å². The van der Waals surface area contributed by atoms with Gasteiger partial charge in [-0.3, -0.25) is 9.36 Å². The number of thiophene rings is 1. The highest BCUT2D eigenvalue weighted by atomic mass is 32.1. The SMILES string of the molecule is O=c1c2cc(-c3ccccc3)sc2nc(S)n1-c1ccccc1. The monoisotopic (exact) mass is 336 g/mol. The van der Waals surface area contributed by atoms with Crippen LogP contribution in [0.15, 0.2) is 76.7 Å². The normalized spacial score (nSPS) is 11.0. The molecular weight excluding hydrogens is 324 g/mol. The van der Waals surface area contributed by atoms with Gasteiger partial charge in [0.2, 0.25) is 0 Å². The summed E-state index contributed by atoms with van der Waals surface area (Å²) in [6, 6.07) is 21.4. The Labute approximate surface area is 142 Å². The van der Waals surface area contributed by atoms with Gasteiger partial charge in [-0.25, -0.2) is 4.98 Å². The average Bonchev–Trinajstić information content (AvgIpc) is 3.01. The molecule has 0 saturated heterocycles. The van der Waals surface area contributed by atoms with Crippen molar-refractivity contribution >= 4 is 34.2 Å². The lowest BCUT2D eigenvalue weighted by Gasteiger charge is -2.07. The Morgan fingerprint density at radius 1 is 0.957 bits per heavy atom. The van der Waals surface area contributed by atoms with Gasteiger partial charge in [-0.15, -0.1) is 24.0 Å². The van der Waals surface area contributed by atoms with Gasteiger partial charge < -0.3 is 0 Å². The van der Waals surface area contributed by atoms with Crippen LogP contribution < -0.4 is 5.56 Å². The highest BCUT2D eigenvalue weighted by Crippen LogP contribution is 2.31. The van der Waals surface area contributed by atoms with E-state index < -0.39 is 0 Å². The number of nitrogens with zero attached hydrogens (tertiary/aromatic N) is 2. The molecule has 2 heterocycles. The van der Waals surface area contributed by atoms with E-state index in [-0.39, 0.29) is 5.56 Å². The van der Waals surface area contributed by atoms with Crippen molar-refractivity contribution in [2.24, 2.45) is 0 Å². The molecule has 5 heteroatoms. The molecule has 112 valence electrons. The summed E-state index contributed by atoms with van der Waals surface area (Å²) in [5.74, 6) is 0. The van der Waals surface area contributed by atoms with Gasteiger partial charge in [0.05, 0.1) is 11.1 Å². The zero-order chi connectivity index (χ0) is 15.8. The van der Waals surface area contributed by atoms with E-state index in [1.54, 1.807) is 0 Å². The first-order chi connectivity index (χ1) is 11.2. The van der Waals surface area contributed by atoms with Crippen LogP contribution >= 0.6 is 24.0 Å². The number of aromatic nitrogens is 2. The number of thiol groups is 1. The van der Waals surface area contributed by atoms with Gasteiger partial charge in [0.15, 0.2) is 5.16 Å². The molecule has 0 radical (unpaired) electrons. The third-order valence-corrected chi connectivity index (χ3v) is 5.00. The molecule has 2 aromatic carbocycles. The predicted molar refractivity (Wildman–Crippen MR) is 97.9 cm³/mol. The van der Waals surface area contributed by atoms with Crippen LogP contribution in [0.5, 0.6) is 0 Å². The summed E-state index contributed by atoms with van der Waals surface area (Å²) in [6.45, 7) is 0. The molecule has 0 aliphatic carbocycles. The minimum atomic E-state index is -0.0929. The van der Waals surface area contributed by atoms with Gasteiger partial charge in [0.25, 0.3) is 5.56 Å². The summed E-state index contributed by atoms with van der Waals surface area (Å²) in [5.41, 5.74) is 1.76. The van der Waals surface area contributed by atoms with Gasteiger partial charge in [0.1, 0.15) is 4.83 Å². The minimum absolute atomic E-state index is 0.0929. The maximum atomic E-state index is 12.9. The number of para-hydroxylation sites is 1. The third-order valence-electron chi connectivity index (χ3n) is 3.62. The first kappa shape index (κ1) is 14.2. The number of rotatable bonds is 2. The number of hydrogen-bond donors (Lipinski definition) is 1. The third kappa shape index (κ3) is 2.48. The van der Waals surface area contributed by atoms with Crippen molar-refractivity contribution < 1.29 is 0 Å². The van der Waals surface area contributed by atoms with Crippen LogP contribution in [0, 0.1) is 0 Å². The van der Waals surface area contributed by atoms with Crippen molar-refractivity contribution in [2.75, 3.05) is 0 Å². The highest BCUT2D eigenvalue weighted by molar-refractivity contribution is 7.80. The Bertz CT molecular complexity index is 1040. The number of hydrogen-bond acceptors (Lipinski definition) is 4. The zero-order valence-corrected chi connectivity index (χ0v) is 13.7. The number of benzene rings is 2. The minimum Gasteiger partial charge on any atom is -0.268 e. The summed E-state index contributed by atoms with van der Waals surface area (Å²) < 4.78 is 1.53. The van der Waals surface area contributed by atoms with Crippen LogP contribution in [0.2, 0.25) is 0 Å². The van der Waals surface area contributed by atoms with Gasteiger partial charge >= 0.3 is 0 Å². The summed E-state index contributed by atoms with van der Waals surface area (Å²) in [5, 5.41) is 1.02. The molecular formula is C18H12N2OS2. The van der Waals surface area contributed by atoms with Crippen molar-refractivity contribution in [1.29, 1.82) is 0 Å². The molecule has 0 aliphatic rings. The smallest absolute Gasteiger partial charge is 0.267 e. The first-order valence-electron chi connectivity index (χ1n) is 7.10. The van der Waals surface area contributed by atoms with Crippen molar-refractivity contribution in [3.05, 3.63) is 77.1 Å². The van der Waals surface area contributed by atoms with E-state index >= 15 is 0 Å². The van der Waals surface area contributed by atoms with E-state index in [9.17, 15) is 4.79 Å². The fraction of sp³-hybridized carbons (Fsp3) is 0. The first-order valence-corrected chi connectivity index (χ1v) is 8.37. The summed E-state index contributed by atoms with van der Waals surface area (Å²) >= 11 is 5.92. The van der Waals surface area contributed by atoms with Crippen molar-refractivity contribution in [3.63, 3.8) is 0 Å².